The highest BCUT2D eigenvalue weighted by Gasteiger charge is 2.31. The lowest BCUT2D eigenvalue weighted by atomic mass is 10.0. The standard InChI is InChI=1S/C21H19F3N6O/c22-21(23,24)14-3-1-2-13(12-14)17-18(30-10-11-31-20(30)29-17)16-6-9-26-19(28-16)27-15-4-7-25-8-5-15/h1-3,6,9-12,15,25H,4-5,7-8H2,(H,26,27,28)/p+1. The minimum absolute atomic E-state index is 0.276. The van der Waals surface area contributed by atoms with Gasteiger partial charge in [-0.05, 0) is 18.2 Å². The number of benzene rings is 1. The van der Waals surface area contributed by atoms with Crippen molar-refractivity contribution in [1.29, 1.82) is 0 Å². The van der Waals surface area contributed by atoms with E-state index >= 15 is 0 Å². The van der Waals surface area contributed by atoms with E-state index in [4.69, 9.17) is 4.42 Å². The van der Waals surface area contributed by atoms with Gasteiger partial charge in [0.25, 0.3) is 0 Å². The molecule has 7 nitrogen and oxygen atoms in total. The lowest BCUT2D eigenvalue weighted by molar-refractivity contribution is -0.662. The predicted octanol–water partition coefficient (Wildman–Crippen LogP) is 3.21. The zero-order valence-corrected chi connectivity index (χ0v) is 16.4. The van der Waals surface area contributed by atoms with Gasteiger partial charge in [-0.15, -0.1) is 0 Å². The van der Waals surface area contributed by atoms with Crippen LogP contribution in [-0.2, 0) is 6.18 Å². The van der Waals surface area contributed by atoms with Crippen molar-refractivity contribution in [3.8, 4) is 22.6 Å². The number of rotatable bonds is 4. The fraction of sp³-hybridized carbons (Fsp3) is 0.286. The molecule has 0 atom stereocenters. The van der Waals surface area contributed by atoms with E-state index in [2.05, 4.69) is 25.6 Å². The summed E-state index contributed by atoms with van der Waals surface area (Å²) in [5, 5.41) is 5.65. The average molecular weight is 429 g/mol. The van der Waals surface area contributed by atoms with E-state index in [0.29, 0.717) is 34.6 Å². The maximum absolute atomic E-state index is 13.3. The Morgan fingerprint density at radius 2 is 1.97 bits per heavy atom. The number of hydrogen-bond acceptors (Lipinski definition) is 5. The number of nitrogens with one attached hydrogen (secondary N) is 1. The Labute approximate surface area is 175 Å². The van der Waals surface area contributed by atoms with Crippen LogP contribution in [0, 0.1) is 0 Å². The van der Waals surface area contributed by atoms with Crippen molar-refractivity contribution in [3.63, 3.8) is 0 Å². The second-order valence-corrected chi connectivity index (χ2v) is 7.49. The highest BCUT2D eigenvalue weighted by Crippen LogP contribution is 2.36. The van der Waals surface area contributed by atoms with Crippen molar-refractivity contribution in [2.45, 2.75) is 25.1 Å². The first-order valence-electron chi connectivity index (χ1n) is 10.0. The van der Waals surface area contributed by atoms with E-state index in [9.17, 15) is 13.2 Å². The number of aromatic nitrogens is 4. The Hall–Kier alpha value is -3.40. The molecule has 31 heavy (non-hydrogen) atoms. The average Bonchev–Trinajstić information content (AvgIpc) is 3.35. The third-order valence-electron chi connectivity index (χ3n) is 5.40. The SMILES string of the molecule is FC(F)(F)c1cccc(-c2nc3occn3c2-c2ccnc(NC3CC[NH2+]CC3)n2)c1. The van der Waals surface area contributed by atoms with Crippen LogP contribution >= 0.6 is 0 Å². The van der Waals surface area contributed by atoms with Gasteiger partial charge in [-0.3, -0.25) is 4.40 Å². The summed E-state index contributed by atoms with van der Waals surface area (Å²) in [5.41, 5.74) is 1.05. The molecule has 4 heterocycles. The Kier molecular flexibility index (Phi) is 4.85. The summed E-state index contributed by atoms with van der Waals surface area (Å²) in [7, 11) is 0. The van der Waals surface area contributed by atoms with Crippen molar-refractivity contribution >= 4 is 11.8 Å². The zero-order valence-electron chi connectivity index (χ0n) is 16.4. The lowest BCUT2D eigenvalue weighted by Crippen LogP contribution is -2.87. The number of nitrogens with zero attached hydrogens (tertiary/aromatic N) is 4. The van der Waals surface area contributed by atoms with Crippen molar-refractivity contribution in [2.75, 3.05) is 18.4 Å². The number of quaternary nitrogens is 1. The number of hydrogen-bond donors (Lipinski definition) is 2. The Morgan fingerprint density at radius 1 is 1.13 bits per heavy atom. The molecule has 0 radical (unpaired) electrons. The van der Waals surface area contributed by atoms with Crippen molar-refractivity contribution < 1.29 is 22.9 Å². The molecule has 0 saturated carbocycles. The number of piperidine rings is 1. The van der Waals surface area contributed by atoms with Crippen LogP contribution in [0.5, 0.6) is 0 Å². The molecule has 1 aliphatic rings. The van der Waals surface area contributed by atoms with E-state index < -0.39 is 11.7 Å². The quantitative estimate of drug-likeness (QED) is 0.521. The second-order valence-electron chi connectivity index (χ2n) is 7.49. The molecule has 3 N–H and O–H groups in total. The van der Waals surface area contributed by atoms with Crippen molar-refractivity contribution in [1.82, 2.24) is 19.4 Å². The van der Waals surface area contributed by atoms with Crippen LogP contribution in [0.1, 0.15) is 18.4 Å². The van der Waals surface area contributed by atoms with Crippen molar-refractivity contribution in [2.24, 2.45) is 0 Å². The molecule has 0 unspecified atom stereocenters. The van der Waals surface area contributed by atoms with Crippen LogP contribution in [-0.4, -0.2) is 38.5 Å². The largest absolute Gasteiger partial charge is 0.432 e. The van der Waals surface area contributed by atoms with E-state index in [1.54, 1.807) is 28.9 Å². The maximum Gasteiger partial charge on any atom is 0.416 e. The Balaban J connectivity index is 1.58. The normalized spacial score (nSPS) is 15.5. The maximum atomic E-state index is 13.3. The summed E-state index contributed by atoms with van der Waals surface area (Å²) >= 11 is 0. The third-order valence-corrected chi connectivity index (χ3v) is 5.40. The molecular formula is C21H20F3N6O+. The van der Waals surface area contributed by atoms with E-state index in [1.807, 2.05) is 0 Å². The first kappa shape index (κ1) is 19.6. The van der Waals surface area contributed by atoms with E-state index in [-0.39, 0.29) is 5.84 Å². The summed E-state index contributed by atoms with van der Waals surface area (Å²) in [6, 6.07) is 7.10. The van der Waals surface area contributed by atoms with E-state index in [0.717, 1.165) is 38.1 Å². The van der Waals surface area contributed by atoms with Gasteiger partial charge in [0.1, 0.15) is 17.7 Å². The molecule has 0 aliphatic carbocycles. The molecule has 0 amide bonds. The van der Waals surface area contributed by atoms with Crippen LogP contribution in [0.2, 0.25) is 0 Å². The number of oxazole rings is 1. The number of imidazole rings is 1. The van der Waals surface area contributed by atoms with Crippen molar-refractivity contribution in [3.05, 3.63) is 54.6 Å². The molecule has 4 aromatic rings. The molecule has 1 aliphatic heterocycles. The molecule has 0 bridgehead atoms. The predicted molar refractivity (Wildman–Crippen MR) is 107 cm³/mol. The summed E-state index contributed by atoms with van der Waals surface area (Å²) in [6.45, 7) is 2.10. The van der Waals surface area contributed by atoms with Gasteiger partial charge in [0, 0.05) is 36.8 Å². The minimum Gasteiger partial charge on any atom is -0.432 e. The van der Waals surface area contributed by atoms with Crippen LogP contribution in [0.15, 0.2) is 53.4 Å². The van der Waals surface area contributed by atoms with Gasteiger partial charge < -0.3 is 15.1 Å². The van der Waals surface area contributed by atoms with Gasteiger partial charge in [0.2, 0.25) is 5.95 Å². The van der Waals surface area contributed by atoms with Gasteiger partial charge in [-0.2, -0.15) is 18.2 Å². The summed E-state index contributed by atoms with van der Waals surface area (Å²) in [6.07, 6.45) is 2.36. The van der Waals surface area contributed by atoms with Crippen LogP contribution in [0.4, 0.5) is 19.1 Å². The molecule has 160 valence electrons. The smallest absolute Gasteiger partial charge is 0.416 e. The number of halogens is 3. The van der Waals surface area contributed by atoms with Gasteiger partial charge in [-0.25, -0.2) is 9.97 Å². The molecule has 5 rings (SSSR count). The van der Waals surface area contributed by atoms with Gasteiger partial charge >= 0.3 is 12.0 Å². The molecular weight excluding hydrogens is 409 g/mol. The number of fused-ring (bicyclic) bond motifs is 1. The first-order valence-corrected chi connectivity index (χ1v) is 10.0. The second kappa shape index (κ2) is 7.69. The van der Waals surface area contributed by atoms with Crippen LogP contribution in [0.25, 0.3) is 28.5 Å². The van der Waals surface area contributed by atoms with E-state index in [1.165, 1.54) is 12.3 Å². The van der Waals surface area contributed by atoms with Gasteiger partial charge in [-0.1, -0.05) is 12.1 Å². The number of anilines is 1. The summed E-state index contributed by atoms with van der Waals surface area (Å²) in [5.74, 6) is 0.760. The molecule has 0 spiro atoms. The third kappa shape index (κ3) is 3.86. The highest BCUT2D eigenvalue weighted by molar-refractivity contribution is 5.80. The van der Waals surface area contributed by atoms with Gasteiger partial charge in [0.15, 0.2) is 0 Å². The monoisotopic (exact) mass is 429 g/mol. The fourth-order valence-electron chi connectivity index (χ4n) is 3.89. The molecule has 1 aromatic carbocycles. The summed E-state index contributed by atoms with van der Waals surface area (Å²) in [4.78, 5) is 13.4. The number of alkyl halides is 3. The Bertz CT molecular complexity index is 1210. The molecule has 3 aromatic heterocycles. The highest BCUT2D eigenvalue weighted by atomic mass is 19.4. The van der Waals surface area contributed by atoms with Crippen LogP contribution < -0.4 is 10.6 Å². The Morgan fingerprint density at radius 3 is 2.77 bits per heavy atom. The molecule has 1 saturated heterocycles. The summed E-state index contributed by atoms with van der Waals surface area (Å²) < 4.78 is 46.8. The molecule has 1 fully saturated rings. The zero-order chi connectivity index (χ0) is 21.4. The van der Waals surface area contributed by atoms with Crippen LogP contribution in [0.3, 0.4) is 0 Å². The van der Waals surface area contributed by atoms with Gasteiger partial charge in [0.05, 0.1) is 24.3 Å². The first-order chi connectivity index (χ1) is 15.0. The fourth-order valence-corrected chi connectivity index (χ4v) is 3.89. The minimum atomic E-state index is -4.45. The lowest BCUT2D eigenvalue weighted by Gasteiger charge is -2.21. The number of nitrogens with two attached hydrogens (primary N) is 1. The molecule has 10 heteroatoms. The topological polar surface area (TPSA) is 84.9 Å².